The van der Waals surface area contributed by atoms with Gasteiger partial charge in [0.15, 0.2) is 0 Å². The third-order valence-electron chi connectivity index (χ3n) is 1.71. The molecule has 0 bridgehead atoms. The summed E-state index contributed by atoms with van der Waals surface area (Å²) in [5, 5.41) is 12.7. The molecule has 0 radical (unpaired) electrons. The van der Waals surface area contributed by atoms with Gasteiger partial charge in [-0.25, -0.2) is 0 Å². The number of nitrogens with zero attached hydrogens (tertiary/aromatic N) is 1. The average Bonchev–Trinajstić information content (AvgIpc) is 2.33. The molecule has 10 heavy (non-hydrogen) atoms. The summed E-state index contributed by atoms with van der Waals surface area (Å²) >= 11 is 0. The average molecular weight is 140 g/mol. The molecule has 0 amide bonds. The third kappa shape index (κ3) is 0.769. The molecule has 0 spiro atoms. The quantitative estimate of drug-likeness (QED) is 0.514. The summed E-state index contributed by atoms with van der Waals surface area (Å²) in [6.07, 6.45) is 3.22. The highest BCUT2D eigenvalue weighted by Gasteiger charge is 2.25. The third-order valence-corrected chi connectivity index (χ3v) is 1.71. The van der Waals surface area contributed by atoms with Crippen LogP contribution in [0, 0.1) is 0 Å². The molecule has 2 N–H and O–H groups in total. The normalized spacial score (nSPS) is 30.2. The molecule has 2 aliphatic rings. The van der Waals surface area contributed by atoms with E-state index < -0.39 is 0 Å². The zero-order valence-corrected chi connectivity index (χ0v) is 5.37. The van der Waals surface area contributed by atoms with Crippen molar-refractivity contribution in [3.8, 4) is 0 Å². The van der Waals surface area contributed by atoms with Crippen LogP contribution in [0.5, 0.6) is 0 Å². The van der Waals surface area contributed by atoms with Crippen LogP contribution in [0.4, 0.5) is 0 Å². The number of hydrogen-bond acceptors (Lipinski definition) is 4. The molecule has 4 nitrogen and oxygen atoms in total. The van der Waals surface area contributed by atoms with Gasteiger partial charge < -0.3 is 5.11 Å². The van der Waals surface area contributed by atoms with Gasteiger partial charge in [-0.05, 0) is 6.42 Å². The monoisotopic (exact) mass is 140 g/mol. The van der Waals surface area contributed by atoms with E-state index in [0.717, 1.165) is 12.1 Å². The van der Waals surface area contributed by atoms with E-state index >= 15 is 0 Å². The minimum atomic E-state index is 0.191. The molecule has 4 heteroatoms. The lowest BCUT2D eigenvalue weighted by Crippen LogP contribution is -2.30. The van der Waals surface area contributed by atoms with Gasteiger partial charge in [0, 0.05) is 12.5 Å². The maximum Gasteiger partial charge on any atom is 0.106 e. The zero-order chi connectivity index (χ0) is 6.97. The summed E-state index contributed by atoms with van der Waals surface area (Å²) in [4.78, 5) is 4.62. The van der Waals surface area contributed by atoms with E-state index in [1.165, 1.54) is 0 Å². The van der Waals surface area contributed by atoms with Gasteiger partial charge in [0.05, 0.1) is 11.8 Å². The Morgan fingerprint density at radius 1 is 1.80 bits per heavy atom. The number of aliphatic hydroxyl groups is 1. The molecule has 1 unspecified atom stereocenters. The van der Waals surface area contributed by atoms with E-state index in [2.05, 4.69) is 15.6 Å². The molecule has 1 aliphatic heterocycles. The molecule has 0 aromatic heterocycles. The first kappa shape index (κ1) is 5.73. The lowest BCUT2D eigenvalue weighted by Gasteiger charge is -2.12. The maximum atomic E-state index is 9.05. The first-order valence-corrected chi connectivity index (χ1v) is 3.25. The van der Waals surface area contributed by atoms with Crippen molar-refractivity contribution in [2.75, 3.05) is 0 Å². The number of fused-ring (bicyclic) bond motifs is 1. The molecule has 0 aromatic rings. The van der Waals surface area contributed by atoms with Gasteiger partial charge >= 0.3 is 0 Å². The van der Waals surface area contributed by atoms with E-state index in [-0.39, 0.29) is 6.04 Å². The highest BCUT2D eigenvalue weighted by molar-refractivity contribution is 6.00. The number of nitrogens with one attached hydrogen (secondary N) is 1. The Morgan fingerprint density at radius 2 is 2.70 bits per heavy atom. The highest BCUT2D eigenvalue weighted by atomic mass is 16.8. The Morgan fingerprint density at radius 3 is 3.60 bits per heavy atom. The summed E-state index contributed by atoms with van der Waals surface area (Å²) < 4.78 is 0. The van der Waals surface area contributed by atoms with Crippen molar-refractivity contribution in [3.63, 3.8) is 0 Å². The molecule has 0 aromatic carbocycles. The van der Waals surface area contributed by atoms with Gasteiger partial charge in [0.1, 0.15) is 5.71 Å². The molecule has 54 valence electrons. The molecular weight excluding hydrogens is 132 g/mol. The fourth-order valence-electron chi connectivity index (χ4n) is 1.14. The van der Waals surface area contributed by atoms with Gasteiger partial charge in [-0.1, -0.05) is 5.16 Å². The van der Waals surface area contributed by atoms with E-state index in [1.54, 1.807) is 6.08 Å². The number of allylic oxidation sites excluding steroid dienone is 1. The minimum Gasteiger partial charge on any atom is -0.512 e. The van der Waals surface area contributed by atoms with Crippen LogP contribution in [0.15, 0.2) is 17.0 Å². The maximum absolute atomic E-state index is 9.05. The minimum absolute atomic E-state index is 0.191. The second-order valence-electron chi connectivity index (χ2n) is 2.45. The molecule has 1 atom stereocenters. The Hall–Kier alpha value is -1.03. The Kier molecular flexibility index (Phi) is 1.14. The number of aliphatic hydroxyl groups excluding tert-OH is 1. The molecule has 0 saturated heterocycles. The van der Waals surface area contributed by atoms with Gasteiger partial charge in [-0.15, -0.1) is 5.48 Å². The van der Waals surface area contributed by atoms with Crippen molar-refractivity contribution in [2.24, 2.45) is 5.16 Å². The molecular formula is C6H8N2O2. The number of oxime groups is 1. The number of hydroxylamine groups is 1. The molecule has 0 fully saturated rings. The summed E-state index contributed by atoms with van der Waals surface area (Å²) in [6, 6.07) is 0.191. The number of hydrogen-bond donors (Lipinski definition) is 2. The predicted octanol–water partition coefficient (Wildman–Crippen LogP) is 0.482. The van der Waals surface area contributed by atoms with E-state index in [0.29, 0.717) is 12.2 Å². The van der Waals surface area contributed by atoms with Gasteiger partial charge in [0.25, 0.3) is 0 Å². The highest BCUT2D eigenvalue weighted by Crippen LogP contribution is 2.17. The topological polar surface area (TPSA) is 53.9 Å². The number of rotatable bonds is 0. The second-order valence-corrected chi connectivity index (χ2v) is 2.45. The molecule has 2 rings (SSSR count). The van der Waals surface area contributed by atoms with Crippen molar-refractivity contribution >= 4 is 5.71 Å². The van der Waals surface area contributed by atoms with Crippen molar-refractivity contribution in [1.29, 1.82) is 0 Å². The molecule has 1 heterocycles. The molecule has 1 aliphatic carbocycles. The lowest BCUT2D eigenvalue weighted by molar-refractivity contribution is 0.0581. The van der Waals surface area contributed by atoms with Gasteiger partial charge in [-0.2, -0.15) is 0 Å². The van der Waals surface area contributed by atoms with Gasteiger partial charge in [0.2, 0.25) is 0 Å². The van der Waals surface area contributed by atoms with Crippen LogP contribution in [-0.4, -0.2) is 16.9 Å². The van der Waals surface area contributed by atoms with Crippen LogP contribution in [0.25, 0.3) is 0 Å². The van der Waals surface area contributed by atoms with Crippen LogP contribution in [0.3, 0.4) is 0 Å². The van der Waals surface area contributed by atoms with Gasteiger partial charge in [-0.3, -0.25) is 4.94 Å². The SMILES string of the molecule is OC1=CC2=NONC2CC1. The van der Waals surface area contributed by atoms with E-state index in [9.17, 15) is 0 Å². The summed E-state index contributed by atoms with van der Waals surface area (Å²) in [7, 11) is 0. The lowest BCUT2D eigenvalue weighted by atomic mass is 10.00. The van der Waals surface area contributed by atoms with Crippen molar-refractivity contribution in [3.05, 3.63) is 11.8 Å². The fraction of sp³-hybridized carbons (Fsp3) is 0.500. The van der Waals surface area contributed by atoms with Crippen LogP contribution in [0.1, 0.15) is 12.8 Å². The Balaban J connectivity index is 2.25. The summed E-state index contributed by atoms with van der Waals surface area (Å²) in [5.41, 5.74) is 3.51. The van der Waals surface area contributed by atoms with E-state index in [1.807, 2.05) is 0 Å². The van der Waals surface area contributed by atoms with Crippen molar-refractivity contribution < 1.29 is 10.0 Å². The van der Waals surface area contributed by atoms with Crippen LogP contribution in [0.2, 0.25) is 0 Å². The second kappa shape index (κ2) is 1.98. The largest absolute Gasteiger partial charge is 0.512 e. The fourth-order valence-corrected chi connectivity index (χ4v) is 1.14. The smallest absolute Gasteiger partial charge is 0.106 e. The van der Waals surface area contributed by atoms with Crippen LogP contribution >= 0.6 is 0 Å². The van der Waals surface area contributed by atoms with Crippen molar-refractivity contribution in [1.82, 2.24) is 5.48 Å². The van der Waals surface area contributed by atoms with Crippen molar-refractivity contribution in [2.45, 2.75) is 18.9 Å². The Bertz CT molecular complexity index is 210. The predicted molar refractivity (Wildman–Crippen MR) is 35.4 cm³/mol. The van der Waals surface area contributed by atoms with Crippen LogP contribution in [-0.2, 0) is 4.94 Å². The summed E-state index contributed by atoms with van der Waals surface area (Å²) in [5.74, 6) is 0.391. The zero-order valence-electron chi connectivity index (χ0n) is 5.37. The summed E-state index contributed by atoms with van der Waals surface area (Å²) in [6.45, 7) is 0. The molecule has 0 saturated carbocycles. The first-order chi connectivity index (χ1) is 4.86. The van der Waals surface area contributed by atoms with Crippen LogP contribution < -0.4 is 5.48 Å². The Labute approximate surface area is 58.1 Å². The first-order valence-electron chi connectivity index (χ1n) is 3.25. The standard InChI is InChI=1S/C6H8N2O2/c9-4-1-2-5-6(3-4)8-10-7-5/h3,5,7,9H,1-2H2. The van der Waals surface area contributed by atoms with E-state index in [4.69, 9.17) is 5.11 Å².